The number of hydrogen-bond acceptors (Lipinski definition) is 3. The van der Waals surface area contributed by atoms with Crippen molar-refractivity contribution in [1.82, 2.24) is 5.32 Å². The number of piperidine rings is 1. The minimum atomic E-state index is -1.03. The summed E-state index contributed by atoms with van der Waals surface area (Å²) in [5.74, 6) is -0.884. The third-order valence-corrected chi connectivity index (χ3v) is 4.43. The van der Waals surface area contributed by atoms with E-state index in [-0.39, 0.29) is 28.5 Å². The van der Waals surface area contributed by atoms with Crippen LogP contribution in [0.3, 0.4) is 0 Å². The highest BCUT2D eigenvalue weighted by Gasteiger charge is 2.40. The lowest BCUT2D eigenvalue weighted by atomic mass is 9.91. The van der Waals surface area contributed by atoms with Gasteiger partial charge in [-0.15, -0.1) is 0 Å². The van der Waals surface area contributed by atoms with Gasteiger partial charge in [0.1, 0.15) is 0 Å². The number of fused-ring (bicyclic) bond motifs is 1. The van der Waals surface area contributed by atoms with Crippen molar-refractivity contribution in [2.75, 3.05) is 18.0 Å². The van der Waals surface area contributed by atoms with Gasteiger partial charge in [0, 0.05) is 18.8 Å². The molecule has 0 spiro atoms. The number of carboxylic acids is 1. The molecule has 1 aromatic carbocycles. The minimum absolute atomic E-state index is 0.0293. The number of hydrogen-bond donors (Lipinski definition) is 2. The maximum atomic E-state index is 11.8. The van der Waals surface area contributed by atoms with Gasteiger partial charge in [0.2, 0.25) is 5.91 Å². The summed E-state index contributed by atoms with van der Waals surface area (Å²) in [5, 5.41) is 12.1. The molecule has 2 unspecified atom stereocenters. The number of nitrogens with zero attached hydrogens (tertiary/aromatic N) is 1. The molecule has 0 radical (unpaired) electrons. The maximum Gasteiger partial charge on any atom is 0.337 e. The Labute approximate surface area is 121 Å². The Bertz CT molecular complexity index is 576. The molecule has 3 rings (SSSR count). The quantitative estimate of drug-likeness (QED) is 0.872. The average Bonchev–Trinajstić information content (AvgIpc) is 2.80. The molecule has 2 N–H and O–H groups in total. The van der Waals surface area contributed by atoms with Crippen molar-refractivity contribution in [3.05, 3.63) is 28.8 Å². The summed E-state index contributed by atoms with van der Waals surface area (Å²) in [6.45, 7) is 1.50. The summed E-state index contributed by atoms with van der Waals surface area (Å²) in [4.78, 5) is 24.9. The van der Waals surface area contributed by atoms with Crippen LogP contribution in [0.1, 0.15) is 23.2 Å². The fourth-order valence-corrected chi connectivity index (χ4v) is 3.38. The summed E-state index contributed by atoms with van der Waals surface area (Å²) < 4.78 is 0. The molecule has 1 amide bonds. The lowest BCUT2D eigenvalue weighted by Gasteiger charge is -2.37. The highest BCUT2D eigenvalue weighted by molar-refractivity contribution is 6.33. The minimum Gasteiger partial charge on any atom is -0.478 e. The molecule has 1 aromatic rings. The molecule has 0 aliphatic carbocycles. The first kappa shape index (κ1) is 13.2. The fourth-order valence-electron chi connectivity index (χ4n) is 3.13. The van der Waals surface area contributed by atoms with Gasteiger partial charge in [-0.2, -0.15) is 0 Å². The summed E-state index contributed by atoms with van der Waals surface area (Å²) in [6, 6.07) is 5.10. The third-order valence-electron chi connectivity index (χ3n) is 4.12. The van der Waals surface area contributed by atoms with Crippen LogP contribution in [0.5, 0.6) is 0 Å². The van der Waals surface area contributed by atoms with Gasteiger partial charge in [-0.25, -0.2) is 4.79 Å². The first-order chi connectivity index (χ1) is 9.58. The van der Waals surface area contributed by atoms with Crippen LogP contribution >= 0.6 is 11.6 Å². The van der Waals surface area contributed by atoms with Gasteiger partial charge in [-0.3, -0.25) is 4.79 Å². The number of carbonyl (C=O) groups excluding carboxylic acids is 1. The fraction of sp³-hybridized carbons (Fsp3) is 0.429. The van der Waals surface area contributed by atoms with Crippen LogP contribution in [0.25, 0.3) is 0 Å². The summed E-state index contributed by atoms with van der Waals surface area (Å²) in [5.41, 5.74) is 0.982. The number of aromatic carboxylic acids is 1. The molecule has 2 aliphatic heterocycles. The van der Waals surface area contributed by atoms with Crippen molar-refractivity contribution >= 4 is 29.2 Å². The number of halogens is 1. The third kappa shape index (κ3) is 2.12. The molecular formula is C14H15ClN2O3. The molecule has 106 valence electrons. The molecule has 6 heteroatoms. The number of nitrogens with one attached hydrogen (secondary N) is 1. The topological polar surface area (TPSA) is 69.6 Å². The van der Waals surface area contributed by atoms with E-state index in [0.29, 0.717) is 6.54 Å². The molecule has 0 saturated carbocycles. The van der Waals surface area contributed by atoms with Crippen LogP contribution in [0.2, 0.25) is 5.02 Å². The van der Waals surface area contributed by atoms with E-state index in [0.717, 1.165) is 25.1 Å². The predicted molar refractivity (Wildman–Crippen MR) is 75.3 cm³/mol. The van der Waals surface area contributed by atoms with E-state index in [4.69, 9.17) is 16.7 Å². The van der Waals surface area contributed by atoms with E-state index in [1.165, 1.54) is 6.07 Å². The van der Waals surface area contributed by atoms with Gasteiger partial charge in [0.15, 0.2) is 0 Å². The van der Waals surface area contributed by atoms with Crippen LogP contribution in [0.4, 0.5) is 5.69 Å². The molecule has 2 atom stereocenters. The SMILES string of the molecule is O=C(O)c1ccc(N2CCCC3C(=O)NCC32)cc1Cl. The molecule has 20 heavy (non-hydrogen) atoms. The maximum absolute atomic E-state index is 11.8. The van der Waals surface area contributed by atoms with E-state index in [2.05, 4.69) is 10.2 Å². The van der Waals surface area contributed by atoms with E-state index in [9.17, 15) is 9.59 Å². The molecule has 2 fully saturated rings. The first-order valence-electron chi connectivity index (χ1n) is 6.65. The summed E-state index contributed by atoms with van der Waals surface area (Å²) in [7, 11) is 0. The Kier molecular flexibility index (Phi) is 3.30. The Hall–Kier alpha value is -1.75. The van der Waals surface area contributed by atoms with Crippen molar-refractivity contribution < 1.29 is 14.7 Å². The van der Waals surface area contributed by atoms with Crippen molar-refractivity contribution in [2.24, 2.45) is 5.92 Å². The Morgan fingerprint density at radius 2 is 2.25 bits per heavy atom. The average molecular weight is 295 g/mol. The van der Waals surface area contributed by atoms with Crippen molar-refractivity contribution in [1.29, 1.82) is 0 Å². The molecule has 0 bridgehead atoms. The number of benzene rings is 1. The summed E-state index contributed by atoms with van der Waals surface area (Å²) in [6.07, 6.45) is 1.86. The molecule has 0 aromatic heterocycles. The number of rotatable bonds is 2. The monoisotopic (exact) mass is 294 g/mol. The molecule has 5 nitrogen and oxygen atoms in total. The van der Waals surface area contributed by atoms with Crippen LogP contribution in [-0.2, 0) is 4.79 Å². The van der Waals surface area contributed by atoms with Gasteiger partial charge < -0.3 is 15.3 Å². The number of carboxylic acid groups (broad SMARTS) is 1. The smallest absolute Gasteiger partial charge is 0.337 e. The standard InChI is InChI=1S/C14H15ClN2O3/c15-11-6-8(3-4-9(11)14(19)20)17-5-1-2-10-12(17)7-16-13(10)18/h3-4,6,10,12H,1-2,5,7H2,(H,16,18)(H,19,20). The molecule has 2 heterocycles. The zero-order valence-electron chi connectivity index (χ0n) is 10.8. The highest BCUT2D eigenvalue weighted by atomic mass is 35.5. The van der Waals surface area contributed by atoms with Crippen molar-refractivity contribution in [2.45, 2.75) is 18.9 Å². The lowest BCUT2D eigenvalue weighted by Crippen LogP contribution is -2.45. The molecule has 2 aliphatic rings. The Morgan fingerprint density at radius 1 is 1.45 bits per heavy atom. The van der Waals surface area contributed by atoms with E-state index >= 15 is 0 Å². The van der Waals surface area contributed by atoms with Crippen molar-refractivity contribution in [3.63, 3.8) is 0 Å². The Balaban J connectivity index is 1.90. The Morgan fingerprint density at radius 3 is 2.95 bits per heavy atom. The van der Waals surface area contributed by atoms with E-state index in [1.54, 1.807) is 12.1 Å². The second-order valence-corrected chi connectivity index (χ2v) is 5.63. The van der Waals surface area contributed by atoms with Gasteiger partial charge >= 0.3 is 5.97 Å². The predicted octanol–water partition coefficient (Wildman–Crippen LogP) is 1.75. The van der Waals surface area contributed by atoms with Gasteiger partial charge in [0.25, 0.3) is 0 Å². The van der Waals surface area contributed by atoms with Crippen molar-refractivity contribution in [3.8, 4) is 0 Å². The lowest BCUT2D eigenvalue weighted by molar-refractivity contribution is -0.123. The molecular weight excluding hydrogens is 280 g/mol. The zero-order valence-corrected chi connectivity index (χ0v) is 11.6. The van der Waals surface area contributed by atoms with Gasteiger partial charge in [-0.05, 0) is 31.0 Å². The number of anilines is 1. The number of amides is 1. The highest BCUT2D eigenvalue weighted by Crippen LogP contribution is 2.33. The summed E-state index contributed by atoms with van der Waals surface area (Å²) >= 11 is 6.03. The van der Waals surface area contributed by atoms with Gasteiger partial charge in [0.05, 0.1) is 22.5 Å². The second-order valence-electron chi connectivity index (χ2n) is 5.22. The largest absolute Gasteiger partial charge is 0.478 e. The first-order valence-corrected chi connectivity index (χ1v) is 7.03. The zero-order chi connectivity index (χ0) is 14.3. The number of carbonyl (C=O) groups is 2. The normalized spacial score (nSPS) is 25.2. The second kappa shape index (κ2) is 4.98. The van der Waals surface area contributed by atoms with E-state index in [1.807, 2.05) is 0 Å². The van der Waals surface area contributed by atoms with Crippen LogP contribution in [0.15, 0.2) is 18.2 Å². The molecule has 2 saturated heterocycles. The van der Waals surface area contributed by atoms with Crippen LogP contribution in [-0.4, -0.2) is 36.1 Å². The van der Waals surface area contributed by atoms with Crippen LogP contribution < -0.4 is 10.2 Å². The van der Waals surface area contributed by atoms with Gasteiger partial charge in [-0.1, -0.05) is 11.6 Å². The van der Waals surface area contributed by atoms with E-state index < -0.39 is 5.97 Å². The van der Waals surface area contributed by atoms with Crippen LogP contribution in [0, 0.1) is 5.92 Å².